The number of anilines is 1. The molecule has 0 radical (unpaired) electrons. The fourth-order valence-corrected chi connectivity index (χ4v) is 2.78. The molecule has 1 heterocycles. The molecule has 1 aliphatic rings. The zero-order valence-corrected chi connectivity index (χ0v) is 12.1. The standard InChI is InChI=1S/C13H16BrNO3/c1-17-12-8-11(15-5-3-4-6-15)10(14)7-9(12)13(16)18-2/h7-8H,3-6H2,1-2H3. The summed E-state index contributed by atoms with van der Waals surface area (Å²) in [5.74, 6) is 0.160. The van der Waals surface area contributed by atoms with Gasteiger partial charge in [-0.25, -0.2) is 4.79 Å². The highest BCUT2D eigenvalue weighted by Gasteiger charge is 2.20. The summed E-state index contributed by atoms with van der Waals surface area (Å²) in [7, 11) is 2.92. The Labute approximate surface area is 115 Å². The van der Waals surface area contributed by atoms with E-state index in [1.807, 2.05) is 6.07 Å². The second-order valence-corrected chi connectivity index (χ2v) is 5.04. The number of esters is 1. The van der Waals surface area contributed by atoms with Crippen LogP contribution in [0.3, 0.4) is 0 Å². The number of carbonyl (C=O) groups excluding carboxylic acids is 1. The molecule has 1 aliphatic heterocycles. The highest BCUT2D eigenvalue weighted by Crippen LogP contribution is 2.35. The van der Waals surface area contributed by atoms with Crippen molar-refractivity contribution in [2.24, 2.45) is 0 Å². The molecule has 0 atom stereocenters. The lowest BCUT2D eigenvalue weighted by Gasteiger charge is -2.21. The maximum absolute atomic E-state index is 11.6. The predicted molar refractivity (Wildman–Crippen MR) is 73.5 cm³/mol. The van der Waals surface area contributed by atoms with Crippen LogP contribution in [-0.2, 0) is 4.74 Å². The van der Waals surface area contributed by atoms with Gasteiger partial charge < -0.3 is 14.4 Å². The summed E-state index contributed by atoms with van der Waals surface area (Å²) in [6.45, 7) is 2.08. The van der Waals surface area contributed by atoms with Gasteiger partial charge in [0.1, 0.15) is 11.3 Å². The fraction of sp³-hybridized carbons (Fsp3) is 0.462. The summed E-state index contributed by atoms with van der Waals surface area (Å²) < 4.78 is 10.9. The van der Waals surface area contributed by atoms with Crippen molar-refractivity contribution in [3.05, 3.63) is 22.2 Å². The van der Waals surface area contributed by atoms with Crippen molar-refractivity contribution in [3.63, 3.8) is 0 Å². The Kier molecular flexibility index (Phi) is 4.11. The van der Waals surface area contributed by atoms with E-state index < -0.39 is 0 Å². The van der Waals surface area contributed by atoms with Crippen molar-refractivity contribution in [3.8, 4) is 5.75 Å². The topological polar surface area (TPSA) is 38.8 Å². The molecule has 0 unspecified atom stereocenters. The normalized spacial score (nSPS) is 14.7. The van der Waals surface area contributed by atoms with E-state index in [0.717, 1.165) is 23.2 Å². The van der Waals surface area contributed by atoms with E-state index in [1.165, 1.54) is 20.0 Å². The Morgan fingerprint density at radius 1 is 1.28 bits per heavy atom. The molecule has 4 nitrogen and oxygen atoms in total. The van der Waals surface area contributed by atoms with E-state index in [4.69, 9.17) is 9.47 Å². The molecular formula is C13H16BrNO3. The Morgan fingerprint density at radius 3 is 2.50 bits per heavy atom. The van der Waals surface area contributed by atoms with Gasteiger partial charge in [0.05, 0.1) is 19.9 Å². The third-order valence-electron chi connectivity index (χ3n) is 3.12. The molecule has 0 aromatic heterocycles. The lowest BCUT2D eigenvalue weighted by atomic mass is 10.1. The van der Waals surface area contributed by atoms with Gasteiger partial charge >= 0.3 is 5.97 Å². The number of benzene rings is 1. The number of hydrogen-bond donors (Lipinski definition) is 0. The SMILES string of the molecule is COC(=O)c1cc(Br)c(N2CCCC2)cc1OC. The minimum Gasteiger partial charge on any atom is -0.496 e. The quantitative estimate of drug-likeness (QED) is 0.804. The van der Waals surface area contributed by atoms with Gasteiger partial charge in [-0.2, -0.15) is 0 Å². The highest BCUT2D eigenvalue weighted by atomic mass is 79.9. The van der Waals surface area contributed by atoms with Crippen molar-refractivity contribution >= 4 is 27.6 Å². The van der Waals surface area contributed by atoms with Gasteiger partial charge in [0, 0.05) is 23.6 Å². The summed E-state index contributed by atoms with van der Waals surface area (Å²) >= 11 is 3.51. The van der Waals surface area contributed by atoms with E-state index in [0.29, 0.717) is 11.3 Å². The molecule has 0 bridgehead atoms. The number of rotatable bonds is 3. The molecule has 0 saturated carbocycles. The van der Waals surface area contributed by atoms with Crippen LogP contribution in [0.1, 0.15) is 23.2 Å². The first-order chi connectivity index (χ1) is 8.67. The third-order valence-corrected chi connectivity index (χ3v) is 3.76. The average Bonchev–Trinajstić information content (AvgIpc) is 2.91. The van der Waals surface area contributed by atoms with E-state index in [2.05, 4.69) is 20.8 Å². The number of nitrogens with zero attached hydrogens (tertiary/aromatic N) is 1. The van der Waals surface area contributed by atoms with Crippen LogP contribution in [0.15, 0.2) is 16.6 Å². The van der Waals surface area contributed by atoms with Gasteiger partial charge in [0.15, 0.2) is 0 Å². The van der Waals surface area contributed by atoms with Crippen LogP contribution in [0.25, 0.3) is 0 Å². The van der Waals surface area contributed by atoms with Crippen LogP contribution in [0.2, 0.25) is 0 Å². The van der Waals surface area contributed by atoms with Gasteiger partial charge in [-0.1, -0.05) is 0 Å². The van der Waals surface area contributed by atoms with Crippen LogP contribution in [0.4, 0.5) is 5.69 Å². The largest absolute Gasteiger partial charge is 0.496 e. The molecule has 0 amide bonds. The zero-order valence-electron chi connectivity index (χ0n) is 10.5. The van der Waals surface area contributed by atoms with Crippen LogP contribution in [0.5, 0.6) is 5.75 Å². The molecule has 0 N–H and O–H groups in total. The third kappa shape index (κ3) is 2.46. The second-order valence-electron chi connectivity index (χ2n) is 4.19. The molecular weight excluding hydrogens is 298 g/mol. The monoisotopic (exact) mass is 313 g/mol. The highest BCUT2D eigenvalue weighted by molar-refractivity contribution is 9.10. The maximum atomic E-state index is 11.6. The smallest absolute Gasteiger partial charge is 0.341 e. The molecule has 0 spiro atoms. The number of ether oxygens (including phenoxy) is 2. The van der Waals surface area contributed by atoms with Gasteiger partial charge in [-0.3, -0.25) is 0 Å². The summed E-state index contributed by atoms with van der Waals surface area (Å²) in [6.07, 6.45) is 2.40. The molecule has 1 saturated heterocycles. The minimum atomic E-state index is -0.388. The van der Waals surface area contributed by atoms with Crippen LogP contribution in [0, 0.1) is 0 Å². The Hall–Kier alpha value is -1.23. The van der Waals surface area contributed by atoms with Gasteiger partial charge in [-0.05, 0) is 34.8 Å². The summed E-state index contributed by atoms with van der Waals surface area (Å²) in [4.78, 5) is 13.9. The van der Waals surface area contributed by atoms with Crippen LogP contribution in [-0.4, -0.2) is 33.3 Å². The summed E-state index contributed by atoms with van der Waals surface area (Å²) in [5, 5.41) is 0. The summed E-state index contributed by atoms with van der Waals surface area (Å²) in [5.41, 5.74) is 1.51. The number of methoxy groups -OCH3 is 2. The summed E-state index contributed by atoms with van der Waals surface area (Å²) in [6, 6.07) is 3.65. The molecule has 1 aromatic rings. The molecule has 0 aliphatic carbocycles. The van der Waals surface area contributed by atoms with Crippen molar-refractivity contribution in [2.75, 3.05) is 32.2 Å². The number of hydrogen-bond acceptors (Lipinski definition) is 4. The molecule has 98 valence electrons. The van der Waals surface area contributed by atoms with Gasteiger partial charge in [0.25, 0.3) is 0 Å². The molecule has 1 aromatic carbocycles. The first-order valence-corrected chi connectivity index (χ1v) is 6.67. The Morgan fingerprint density at radius 2 is 1.94 bits per heavy atom. The molecule has 2 rings (SSSR count). The predicted octanol–water partition coefficient (Wildman–Crippen LogP) is 2.84. The molecule has 5 heteroatoms. The van der Waals surface area contributed by atoms with E-state index in [9.17, 15) is 4.79 Å². The van der Waals surface area contributed by atoms with Gasteiger partial charge in [0.2, 0.25) is 0 Å². The van der Waals surface area contributed by atoms with E-state index in [-0.39, 0.29) is 5.97 Å². The Balaban J connectivity index is 2.41. The lowest BCUT2D eigenvalue weighted by molar-refractivity contribution is 0.0597. The van der Waals surface area contributed by atoms with Gasteiger partial charge in [-0.15, -0.1) is 0 Å². The van der Waals surface area contributed by atoms with E-state index in [1.54, 1.807) is 13.2 Å². The van der Waals surface area contributed by atoms with Crippen LogP contribution >= 0.6 is 15.9 Å². The second kappa shape index (κ2) is 5.61. The molecule has 18 heavy (non-hydrogen) atoms. The lowest BCUT2D eigenvalue weighted by Crippen LogP contribution is -2.18. The number of halogens is 1. The molecule has 1 fully saturated rings. The fourth-order valence-electron chi connectivity index (χ4n) is 2.18. The first kappa shape index (κ1) is 13.2. The van der Waals surface area contributed by atoms with Crippen molar-refractivity contribution < 1.29 is 14.3 Å². The van der Waals surface area contributed by atoms with E-state index >= 15 is 0 Å². The van der Waals surface area contributed by atoms with Crippen molar-refractivity contribution in [1.29, 1.82) is 0 Å². The van der Waals surface area contributed by atoms with Crippen LogP contribution < -0.4 is 9.64 Å². The zero-order chi connectivity index (χ0) is 13.1. The average molecular weight is 314 g/mol. The first-order valence-electron chi connectivity index (χ1n) is 5.88. The number of carbonyl (C=O) groups is 1. The van der Waals surface area contributed by atoms with Crippen molar-refractivity contribution in [1.82, 2.24) is 0 Å². The maximum Gasteiger partial charge on any atom is 0.341 e. The minimum absolute atomic E-state index is 0.388. The van der Waals surface area contributed by atoms with Crippen molar-refractivity contribution in [2.45, 2.75) is 12.8 Å². The Bertz CT molecular complexity index is 456.